The molecular formula is C21H30N2O2S. The fourth-order valence-electron chi connectivity index (χ4n) is 3.61. The monoisotopic (exact) mass is 374 g/mol. The molecule has 2 heterocycles. The summed E-state index contributed by atoms with van der Waals surface area (Å²) in [5.41, 5.74) is 2.74. The average Bonchev–Trinajstić information content (AvgIpc) is 3.29. The molecule has 5 heteroatoms. The molecule has 2 aromatic rings. The minimum absolute atomic E-state index is 0.832. The van der Waals surface area contributed by atoms with Crippen LogP contribution in [0.25, 0.3) is 0 Å². The Hall–Kier alpha value is -1.56. The fraction of sp³-hybridized carbons (Fsp3) is 0.524. The molecule has 0 amide bonds. The van der Waals surface area contributed by atoms with E-state index in [-0.39, 0.29) is 0 Å². The normalized spacial score (nSPS) is 14.0. The minimum Gasteiger partial charge on any atom is -0.493 e. The molecule has 0 unspecified atom stereocenters. The molecule has 4 nitrogen and oxygen atoms in total. The maximum atomic E-state index is 5.42. The summed E-state index contributed by atoms with van der Waals surface area (Å²) in [4.78, 5) is 6.48. The number of aryl methyl sites for hydroxylation is 1. The van der Waals surface area contributed by atoms with Crippen molar-refractivity contribution in [3.63, 3.8) is 0 Å². The van der Waals surface area contributed by atoms with E-state index in [9.17, 15) is 0 Å². The summed E-state index contributed by atoms with van der Waals surface area (Å²) in [6.07, 6.45) is 3.65. The molecule has 3 rings (SSSR count). The third-order valence-corrected chi connectivity index (χ3v) is 5.99. The molecule has 0 aliphatic carbocycles. The highest BCUT2D eigenvalue weighted by molar-refractivity contribution is 7.09. The number of fused-ring (bicyclic) bond motifs is 1. The molecule has 1 aromatic heterocycles. The summed E-state index contributed by atoms with van der Waals surface area (Å²) in [6.45, 7) is 5.49. The van der Waals surface area contributed by atoms with Crippen molar-refractivity contribution in [3.05, 3.63) is 45.6 Å². The second kappa shape index (κ2) is 9.40. The van der Waals surface area contributed by atoms with Crippen molar-refractivity contribution in [2.24, 2.45) is 0 Å². The molecule has 0 radical (unpaired) electrons. The molecule has 1 aliphatic heterocycles. The lowest BCUT2D eigenvalue weighted by Crippen LogP contribution is -2.26. The lowest BCUT2D eigenvalue weighted by Gasteiger charge is -2.19. The lowest BCUT2D eigenvalue weighted by molar-refractivity contribution is 0.249. The van der Waals surface area contributed by atoms with Crippen LogP contribution in [0.5, 0.6) is 11.5 Å². The first-order chi connectivity index (χ1) is 12.7. The summed E-state index contributed by atoms with van der Waals surface area (Å²) >= 11 is 1.87. The van der Waals surface area contributed by atoms with Crippen LogP contribution in [-0.2, 0) is 19.5 Å². The smallest absolute Gasteiger partial charge is 0.161 e. The van der Waals surface area contributed by atoms with E-state index in [1.165, 1.54) is 41.8 Å². The van der Waals surface area contributed by atoms with Crippen molar-refractivity contribution < 1.29 is 9.47 Å². The number of ether oxygens (including phenoxy) is 2. The Morgan fingerprint density at radius 3 is 2.27 bits per heavy atom. The van der Waals surface area contributed by atoms with E-state index in [2.05, 4.69) is 46.5 Å². The van der Waals surface area contributed by atoms with Crippen molar-refractivity contribution in [2.45, 2.75) is 32.4 Å². The Labute approximate surface area is 161 Å². The van der Waals surface area contributed by atoms with Gasteiger partial charge in [-0.25, -0.2) is 0 Å². The van der Waals surface area contributed by atoms with E-state index >= 15 is 0 Å². The van der Waals surface area contributed by atoms with Crippen LogP contribution in [0.1, 0.15) is 28.8 Å². The summed E-state index contributed by atoms with van der Waals surface area (Å²) in [5, 5.41) is 2.16. The second-order valence-corrected chi connectivity index (χ2v) is 8.06. The van der Waals surface area contributed by atoms with Gasteiger partial charge in [0.1, 0.15) is 0 Å². The largest absolute Gasteiger partial charge is 0.493 e. The highest BCUT2D eigenvalue weighted by Gasteiger charge is 2.21. The number of hydrogen-bond acceptors (Lipinski definition) is 5. The third kappa shape index (κ3) is 5.00. The molecule has 142 valence electrons. The predicted molar refractivity (Wildman–Crippen MR) is 108 cm³/mol. The Morgan fingerprint density at radius 1 is 1.04 bits per heavy atom. The maximum Gasteiger partial charge on any atom is 0.161 e. The lowest BCUT2D eigenvalue weighted by atomic mass is 10.1. The first kappa shape index (κ1) is 19.2. The van der Waals surface area contributed by atoms with Gasteiger partial charge in [0, 0.05) is 24.5 Å². The summed E-state index contributed by atoms with van der Waals surface area (Å²) < 4.78 is 10.8. The van der Waals surface area contributed by atoms with Gasteiger partial charge in [-0.05, 0) is 74.1 Å². The van der Waals surface area contributed by atoms with Gasteiger partial charge >= 0.3 is 0 Å². The molecule has 1 aromatic carbocycles. The van der Waals surface area contributed by atoms with Crippen molar-refractivity contribution in [1.82, 2.24) is 9.80 Å². The highest BCUT2D eigenvalue weighted by Crippen LogP contribution is 2.34. The van der Waals surface area contributed by atoms with Gasteiger partial charge in [-0.2, -0.15) is 0 Å². The van der Waals surface area contributed by atoms with Crippen LogP contribution in [-0.4, -0.2) is 50.7 Å². The molecule has 0 spiro atoms. The maximum absolute atomic E-state index is 5.42. The van der Waals surface area contributed by atoms with Crippen LogP contribution >= 0.6 is 11.3 Å². The SMILES string of the molecule is COc1cc2c(cc1OC)CN(CCCN(C)CCCc1cccs1)C2. The van der Waals surface area contributed by atoms with Crippen LogP contribution in [0.4, 0.5) is 0 Å². The fourth-order valence-corrected chi connectivity index (χ4v) is 4.36. The summed E-state index contributed by atoms with van der Waals surface area (Å²) in [5.74, 6) is 1.66. The van der Waals surface area contributed by atoms with Gasteiger partial charge < -0.3 is 14.4 Å². The Balaban J connectivity index is 1.37. The van der Waals surface area contributed by atoms with Crippen molar-refractivity contribution >= 4 is 11.3 Å². The predicted octanol–water partition coefficient (Wildman–Crippen LogP) is 4.04. The van der Waals surface area contributed by atoms with Gasteiger partial charge in [-0.15, -0.1) is 11.3 Å². The van der Waals surface area contributed by atoms with E-state index in [0.717, 1.165) is 37.7 Å². The quantitative estimate of drug-likeness (QED) is 0.627. The molecule has 0 fully saturated rings. The zero-order valence-corrected chi connectivity index (χ0v) is 17.0. The molecular weight excluding hydrogens is 344 g/mol. The Morgan fingerprint density at radius 2 is 1.69 bits per heavy atom. The highest BCUT2D eigenvalue weighted by atomic mass is 32.1. The number of methoxy groups -OCH3 is 2. The van der Waals surface area contributed by atoms with E-state index in [1.807, 2.05) is 11.3 Å². The topological polar surface area (TPSA) is 24.9 Å². The molecule has 1 aliphatic rings. The Kier molecular flexibility index (Phi) is 6.94. The Bertz CT molecular complexity index is 655. The zero-order chi connectivity index (χ0) is 18.4. The third-order valence-electron chi connectivity index (χ3n) is 5.05. The average molecular weight is 375 g/mol. The van der Waals surface area contributed by atoms with Gasteiger partial charge in [0.05, 0.1) is 14.2 Å². The minimum atomic E-state index is 0.832. The van der Waals surface area contributed by atoms with Crippen LogP contribution in [0.2, 0.25) is 0 Å². The molecule has 0 saturated carbocycles. The van der Waals surface area contributed by atoms with Gasteiger partial charge in [0.15, 0.2) is 11.5 Å². The van der Waals surface area contributed by atoms with Gasteiger partial charge in [-0.1, -0.05) is 6.07 Å². The molecule has 0 atom stereocenters. The number of rotatable bonds is 10. The number of nitrogens with zero attached hydrogens (tertiary/aromatic N) is 2. The van der Waals surface area contributed by atoms with E-state index in [4.69, 9.17) is 9.47 Å². The summed E-state index contributed by atoms with van der Waals surface area (Å²) in [7, 11) is 5.64. The van der Waals surface area contributed by atoms with Crippen LogP contribution < -0.4 is 9.47 Å². The van der Waals surface area contributed by atoms with Gasteiger partial charge in [0.25, 0.3) is 0 Å². The van der Waals surface area contributed by atoms with Crippen LogP contribution in [0.15, 0.2) is 29.6 Å². The van der Waals surface area contributed by atoms with E-state index in [1.54, 1.807) is 14.2 Å². The zero-order valence-electron chi connectivity index (χ0n) is 16.2. The number of benzene rings is 1. The molecule has 0 bridgehead atoms. The van der Waals surface area contributed by atoms with Crippen molar-refractivity contribution in [1.29, 1.82) is 0 Å². The molecule has 0 saturated heterocycles. The van der Waals surface area contributed by atoms with E-state index in [0.29, 0.717) is 0 Å². The molecule has 26 heavy (non-hydrogen) atoms. The van der Waals surface area contributed by atoms with Crippen LogP contribution in [0, 0.1) is 0 Å². The molecule has 0 N–H and O–H groups in total. The first-order valence-corrected chi connectivity index (χ1v) is 10.2. The second-order valence-electron chi connectivity index (χ2n) is 7.03. The van der Waals surface area contributed by atoms with Crippen molar-refractivity contribution in [2.75, 3.05) is 40.9 Å². The van der Waals surface area contributed by atoms with Gasteiger partial charge in [0.2, 0.25) is 0 Å². The van der Waals surface area contributed by atoms with E-state index < -0.39 is 0 Å². The first-order valence-electron chi connectivity index (χ1n) is 9.36. The number of hydrogen-bond donors (Lipinski definition) is 0. The van der Waals surface area contributed by atoms with Gasteiger partial charge in [-0.3, -0.25) is 4.90 Å². The number of thiophene rings is 1. The van der Waals surface area contributed by atoms with Crippen molar-refractivity contribution in [3.8, 4) is 11.5 Å². The summed E-state index contributed by atoms with van der Waals surface area (Å²) in [6, 6.07) is 8.64. The van der Waals surface area contributed by atoms with Crippen LogP contribution in [0.3, 0.4) is 0 Å². The standard InChI is InChI=1S/C21H30N2O2S/c1-22(9-4-7-19-8-5-12-26-19)10-6-11-23-15-17-13-20(24-2)21(25-3)14-18(17)16-23/h5,8,12-14H,4,6-7,9-11,15-16H2,1-3H3.